The number of aromatic amines is 1. The Labute approximate surface area is 429 Å². The molecule has 2 fully saturated rings. The number of aliphatic hydroxyl groups is 2. The number of nitrogens with zero attached hydrogens (tertiary/aromatic N) is 1. The standard InChI is InChI=1S/C59H61N5O10/c1-72-53-29-42(19-20-43(53)33-60-34-52(66)49-21-23-51(65)55-50(49)22-24-54(67)63-55)57(69)62-47-31-46(32-47)61-56(68)41-17-15-39(16-18-41)36-73-48-14-8-13-45(30-48)59(71,44-11-6-3-7-12-44)58(70)74-37-40-25-27-64(28-26-40)35-38-9-4-2-5-10-38/h2-24,29-30,40,46-47,52,60,65-66,71H,25-28,31-37H2,1H3,(H,61,68)(H,62,69)(H,63,67)/t46?,47?,52-,59?/m0/s1. The third-order valence-corrected chi connectivity index (χ3v) is 14.0. The second-order valence-electron chi connectivity index (χ2n) is 19.2. The van der Waals surface area contributed by atoms with E-state index >= 15 is 0 Å². The number of pyridine rings is 1. The van der Waals surface area contributed by atoms with Gasteiger partial charge < -0.3 is 50.5 Å². The van der Waals surface area contributed by atoms with Crippen LogP contribution in [0.2, 0.25) is 0 Å². The van der Waals surface area contributed by atoms with Gasteiger partial charge in [0, 0.05) is 65.4 Å². The molecule has 6 aromatic carbocycles. The first-order valence-corrected chi connectivity index (χ1v) is 25.0. The molecule has 1 aromatic heterocycles. The van der Waals surface area contributed by atoms with Crippen molar-refractivity contribution in [1.82, 2.24) is 25.8 Å². The number of nitrogens with one attached hydrogen (secondary N) is 4. The Balaban J connectivity index is 0.718. The van der Waals surface area contributed by atoms with Crippen molar-refractivity contribution in [2.75, 3.05) is 33.4 Å². The summed E-state index contributed by atoms with van der Waals surface area (Å²) in [6.07, 6.45) is 1.99. The van der Waals surface area contributed by atoms with Crippen molar-refractivity contribution >= 4 is 28.7 Å². The molecule has 1 aliphatic carbocycles. The fourth-order valence-electron chi connectivity index (χ4n) is 9.69. The molecule has 0 spiro atoms. The zero-order chi connectivity index (χ0) is 51.6. The molecule has 2 amide bonds. The maximum atomic E-state index is 13.9. The highest BCUT2D eigenvalue weighted by Crippen LogP contribution is 2.35. The summed E-state index contributed by atoms with van der Waals surface area (Å²) in [5.74, 6) is -0.172. The van der Waals surface area contributed by atoms with Gasteiger partial charge >= 0.3 is 5.97 Å². The molecule has 0 radical (unpaired) electrons. The summed E-state index contributed by atoms with van der Waals surface area (Å²) in [5.41, 5.74) is 2.87. The Bertz CT molecular complexity index is 3120. The average Bonchev–Trinajstić information content (AvgIpc) is 3.42. The lowest BCUT2D eigenvalue weighted by Crippen LogP contribution is -2.53. The number of esters is 1. The van der Waals surface area contributed by atoms with Crippen LogP contribution >= 0.6 is 0 Å². The van der Waals surface area contributed by atoms with Crippen molar-refractivity contribution < 1.29 is 43.9 Å². The van der Waals surface area contributed by atoms with Gasteiger partial charge in [0.25, 0.3) is 11.8 Å². The monoisotopic (exact) mass is 999 g/mol. The smallest absolute Gasteiger partial charge is 0.347 e. The molecule has 7 N–H and O–H groups in total. The first-order chi connectivity index (χ1) is 35.9. The zero-order valence-corrected chi connectivity index (χ0v) is 41.2. The molecule has 1 saturated carbocycles. The van der Waals surface area contributed by atoms with Crippen molar-refractivity contribution in [3.63, 3.8) is 0 Å². The van der Waals surface area contributed by atoms with Gasteiger partial charge in [0.2, 0.25) is 11.2 Å². The fourth-order valence-corrected chi connectivity index (χ4v) is 9.69. The summed E-state index contributed by atoms with van der Waals surface area (Å²) in [6, 6.07) is 44.0. The number of carbonyl (C=O) groups is 3. The normalized spacial score (nSPS) is 17.1. The van der Waals surface area contributed by atoms with Crippen LogP contribution in [0.5, 0.6) is 17.2 Å². The first-order valence-electron chi connectivity index (χ1n) is 25.0. The summed E-state index contributed by atoms with van der Waals surface area (Å²) >= 11 is 0. The summed E-state index contributed by atoms with van der Waals surface area (Å²) in [4.78, 5) is 57.2. The molecule has 15 heteroatoms. The second kappa shape index (κ2) is 23.4. The lowest BCUT2D eigenvalue weighted by molar-refractivity contribution is -0.164. The topological polar surface area (TPSA) is 212 Å². The van der Waals surface area contributed by atoms with Crippen LogP contribution in [0.15, 0.2) is 156 Å². The fraction of sp³-hybridized carbons (Fsp3) is 0.288. The van der Waals surface area contributed by atoms with Crippen molar-refractivity contribution in [3.8, 4) is 17.2 Å². The van der Waals surface area contributed by atoms with Crippen LogP contribution in [0.3, 0.4) is 0 Å². The Kier molecular flexibility index (Phi) is 16.1. The van der Waals surface area contributed by atoms with E-state index in [1.165, 1.54) is 24.8 Å². The van der Waals surface area contributed by atoms with Gasteiger partial charge in [-0.2, -0.15) is 0 Å². The molecule has 2 aliphatic rings. The third-order valence-electron chi connectivity index (χ3n) is 14.0. The Hall–Kier alpha value is -7.82. The van der Waals surface area contributed by atoms with Crippen LogP contribution in [-0.2, 0) is 34.8 Å². The van der Waals surface area contributed by atoms with E-state index in [1.807, 2.05) is 24.3 Å². The van der Waals surface area contributed by atoms with Crippen LogP contribution in [-0.4, -0.2) is 88.4 Å². The summed E-state index contributed by atoms with van der Waals surface area (Å²) in [7, 11) is 1.52. The van der Waals surface area contributed by atoms with E-state index < -0.39 is 17.7 Å². The molecule has 382 valence electrons. The molecule has 2 heterocycles. The van der Waals surface area contributed by atoms with Gasteiger partial charge in [-0.3, -0.25) is 19.3 Å². The third kappa shape index (κ3) is 12.2. The Morgan fingerprint density at radius 1 is 0.757 bits per heavy atom. The van der Waals surface area contributed by atoms with Crippen molar-refractivity contribution in [1.29, 1.82) is 0 Å². The largest absolute Gasteiger partial charge is 0.506 e. The SMILES string of the molecule is COc1cc(C(=O)NC2CC(NC(=O)c3ccc(COc4cccc(C(O)(C(=O)OCC5CCN(Cc6ccccc6)CC5)c5ccccc5)c4)cc3)C2)ccc1CNC[C@H](O)c1ccc(O)c2[nH]c(=O)ccc12. The number of carbonyl (C=O) groups excluding carboxylic acids is 3. The van der Waals surface area contributed by atoms with Gasteiger partial charge in [-0.05, 0) is 115 Å². The molecule has 9 rings (SSSR count). The number of hydrogen-bond acceptors (Lipinski definition) is 12. The molecule has 1 unspecified atom stereocenters. The highest BCUT2D eigenvalue weighted by Gasteiger charge is 2.42. The van der Waals surface area contributed by atoms with Gasteiger partial charge in [-0.15, -0.1) is 0 Å². The number of benzene rings is 6. The maximum Gasteiger partial charge on any atom is 0.347 e. The predicted molar refractivity (Wildman–Crippen MR) is 280 cm³/mol. The molecule has 1 aliphatic heterocycles. The zero-order valence-electron chi connectivity index (χ0n) is 41.2. The van der Waals surface area contributed by atoms with E-state index in [4.69, 9.17) is 14.2 Å². The number of phenolic OH excluding ortho intramolecular Hbond substituents is 1. The Morgan fingerprint density at radius 3 is 2.15 bits per heavy atom. The van der Waals surface area contributed by atoms with Crippen molar-refractivity contribution in [2.24, 2.45) is 5.92 Å². The number of likely N-dealkylation sites (tertiary alicyclic amines) is 1. The average molecular weight is 1000 g/mol. The number of amides is 2. The molecular weight excluding hydrogens is 939 g/mol. The number of aromatic nitrogens is 1. The summed E-state index contributed by atoms with van der Waals surface area (Å²) in [5, 5.41) is 43.2. The molecule has 0 bridgehead atoms. The van der Waals surface area contributed by atoms with Crippen LogP contribution in [0.25, 0.3) is 10.9 Å². The van der Waals surface area contributed by atoms with E-state index in [1.54, 1.807) is 91.0 Å². The minimum Gasteiger partial charge on any atom is -0.506 e. The van der Waals surface area contributed by atoms with Gasteiger partial charge in [-0.25, -0.2) is 4.79 Å². The summed E-state index contributed by atoms with van der Waals surface area (Å²) < 4.78 is 17.7. The highest BCUT2D eigenvalue weighted by atomic mass is 16.6. The quantitative estimate of drug-likeness (QED) is 0.0384. The van der Waals surface area contributed by atoms with Gasteiger partial charge in [-0.1, -0.05) is 97.1 Å². The second-order valence-corrected chi connectivity index (χ2v) is 19.2. The number of H-pyrrole nitrogens is 1. The van der Waals surface area contributed by atoms with Crippen LogP contribution in [0, 0.1) is 5.92 Å². The molecule has 74 heavy (non-hydrogen) atoms. The van der Waals surface area contributed by atoms with E-state index in [9.17, 15) is 34.5 Å². The van der Waals surface area contributed by atoms with Crippen LogP contribution < -0.4 is 31.0 Å². The minimum atomic E-state index is -2.06. The van der Waals surface area contributed by atoms with Gasteiger partial charge in [0.1, 0.15) is 23.9 Å². The van der Waals surface area contributed by atoms with Gasteiger partial charge in [0.15, 0.2) is 0 Å². The number of ether oxygens (including phenoxy) is 3. The number of fused-ring (bicyclic) bond motifs is 1. The molecule has 2 atom stereocenters. The minimum absolute atomic E-state index is 0.0845. The van der Waals surface area contributed by atoms with E-state index in [0.29, 0.717) is 64.1 Å². The molecule has 15 nitrogen and oxygen atoms in total. The Morgan fingerprint density at radius 2 is 1.43 bits per heavy atom. The molecular formula is C59H61N5O10. The number of aromatic hydroxyl groups is 1. The maximum absolute atomic E-state index is 13.9. The van der Waals surface area contributed by atoms with E-state index in [-0.39, 0.29) is 66.4 Å². The number of aliphatic hydroxyl groups excluding tert-OH is 1. The van der Waals surface area contributed by atoms with Crippen molar-refractivity contribution in [2.45, 2.75) is 69.2 Å². The van der Waals surface area contributed by atoms with E-state index in [0.717, 1.165) is 43.6 Å². The van der Waals surface area contributed by atoms with Crippen LogP contribution in [0.4, 0.5) is 0 Å². The lowest BCUT2D eigenvalue weighted by Gasteiger charge is -2.36. The molecule has 1 saturated heterocycles. The molecule has 7 aromatic rings. The highest BCUT2D eigenvalue weighted by molar-refractivity contribution is 5.96. The lowest BCUT2D eigenvalue weighted by atomic mass is 9.86. The number of methoxy groups -OCH3 is 1. The number of rotatable bonds is 20. The summed E-state index contributed by atoms with van der Waals surface area (Å²) in [6.45, 7) is 3.60. The predicted octanol–water partition coefficient (Wildman–Crippen LogP) is 7.03. The number of piperidine rings is 1. The number of hydrogen-bond donors (Lipinski definition) is 7. The number of phenols is 1. The van der Waals surface area contributed by atoms with Gasteiger partial charge in [0.05, 0.1) is 25.3 Å². The van der Waals surface area contributed by atoms with Crippen LogP contribution in [0.1, 0.15) is 85.9 Å². The first kappa shape index (κ1) is 51.1. The van der Waals surface area contributed by atoms with E-state index in [2.05, 4.69) is 50.1 Å². The van der Waals surface area contributed by atoms with Crippen molar-refractivity contribution in [3.05, 3.63) is 207 Å².